The van der Waals surface area contributed by atoms with Crippen molar-refractivity contribution in [2.45, 2.75) is 13.0 Å². The first-order valence-electron chi connectivity index (χ1n) is 6.55. The van der Waals surface area contributed by atoms with Gasteiger partial charge in [-0.25, -0.2) is 9.97 Å². The summed E-state index contributed by atoms with van der Waals surface area (Å²) in [5.74, 6) is 0.0763. The van der Waals surface area contributed by atoms with Crippen molar-refractivity contribution in [3.05, 3.63) is 58.4 Å². The van der Waals surface area contributed by atoms with Crippen LogP contribution in [-0.4, -0.2) is 27.4 Å². The number of nitro groups is 1. The van der Waals surface area contributed by atoms with Crippen LogP contribution >= 0.6 is 0 Å². The molecule has 8 heteroatoms. The molecule has 8 nitrogen and oxygen atoms in total. The largest absolute Gasteiger partial charge is 0.461 e. The molecule has 0 fully saturated rings. The quantitative estimate of drug-likeness (QED) is 0.473. The van der Waals surface area contributed by atoms with Crippen LogP contribution in [0, 0.1) is 10.1 Å². The van der Waals surface area contributed by atoms with Crippen molar-refractivity contribution >= 4 is 17.6 Å². The number of esters is 1. The first-order chi connectivity index (χ1) is 10.6. The molecule has 0 saturated carbocycles. The van der Waals surface area contributed by atoms with E-state index >= 15 is 0 Å². The SMILES string of the molecule is O=C(CCNc1ncccn1)OCc1ccc([N+](=O)[O-])cc1. The number of carbonyl (C=O) groups excluding carboxylic acids is 1. The number of carbonyl (C=O) groups is 1. The fourth-order valence-electron chi connectivity index (χ4n) is 1.62. The second-order valence-corrected chi connectivity index (χ2v) is 4.33. The van der Waals surface area contributed by atoms with Crippen LogP contribution in [0.1, 0.15) is 12.0 Å². The standard InChI is InChI=1S/C14H14N4O4/c19-13(6-9-17-14-15-7-1-8-16-14)22-10-11-2-4-12(5-3-11)18(20)21/h1-5,7-8H,6,9-10H2,(H,15,16,17). The number of benzene rings is 1. The minimum Gasteiger partial charge on any atom is -0.461 e. The predicted octanol–water partition coefficient (Wildman–Crippen LogP) is 1.93. The molecule has 1 N–H and O–H groups in total. The summed E-state index contributed by atoms with van der Waals surface area (Å²) in [5.41, 5.74) is 0.695. The average Bonchev–Trinajstić information content (AvgIpc) is 2.54. The minimum absolute atomic E-state index is 0.00198. The van der Waals surface area contributed by atoms with E-state index in [-0.39, 0.29) is 24.7 Å². The molecule has 0 saturated heterocycles. The maximum absolute atomic E-state index is 11.6. The Kier molecular flexibility index (Phi) is 5.36. The Labute approximate surface area is 126 Å². The van der Waals surface area contributed by atoms with Gasteiger partial charge in [0.15, 0.2) is 0 Å². The van der Waals surface area contributed by atoms with Crippen LogP contribution in [-0.2, 0) is 16.1 Å². The highest BCUT2D eigenvalue weighted by Gasteiger charge is 2.06. The number of hydrogen-bond donors (Lipinski definition) is 1. The second-order valence-electron chi connectivity index (χ2n) is 4.33. The number of ether oxygens (including phenoxy) is 1. The molecule has 0 radical (unpaired) electrons. The van der Waals surface area contributed by atoms with Crippen LogP contribution in [0.15, 0.2) is 42.7 Å². The summed E-state index contributed by atoms with van der Waals surface area (Å²) in [7, 11) is 0. The van der Waals surface area contributed by atoms with Crippen LogP contribution in [0.2, 0.25) is 0 Å². The zero-order valence-corrected chi connectivity index (χ0v) is 11.6. The lowest BCUT2D eigenvalue weighted by Crippen LogP contribution is -2.12. The molecule has 0 bridgehead atoms. The molecule has 1 heterocycles. The summed E-state index contributed by atoms with van der Waals surface area (Å²) < 4.78 is 5.08. The Hall–Kier alpha value is -3.03. The van der Waals surface area contributed by atoms with Crippen LogP contribution in [0.3, 0.4) is 0 Å². The van der Waals surface area contributed by atoms with Crippen LogP contribution in [0.4, 0.5) is 11.6 Å². The summed E-state index contributed by atoms with van der Waals surface area (Å²) in [6.07, 6.45) is 3.37. The monoisotopic (exact) mass is 302 g/mol. The summed E-state index contributed by atoms with van der Waals surface area (Å²) in [6, 6.07) is 7.56. The molecule has 0 aliphatic heterocycles. The molecule has 22 heavy (non-hydrogen) atoms. The highest BCUT2D eigenvalue weighted by molar-refractivity contribution is 5.70. The number of hydrogen-bond acceptors (Lipinski definition) is 7. The van der Waals surface area contributed by atoms with Crippen LogP contribution in [0.25, 0.3) is 0 Å². The molecule has 114 valence electrons. The Morgan fingerprint density at radius 1 is 1.23 bits per heavy atom. The van der Waals surface area contributed by atoms with Gasteiger partial charge in [0.2, 0.25) is 5.95 Å². The zero-order chi connectivity index (χ0) is 15.8. The van der Waals surface area contributed by atoms with Gasteiger partial charge in [-0.1, -0.05) is 0 Å². The molecule has 0 spiro atoms. The van der Waals surface area contributed by atoms with Crippen molar-refractivity contribution < 1.29 is 14.5 Å². The Bertz CT molecular complexity index is 631. The molecule has 2 aromatic rings. The maximum atomic E-state index is 11.6. The molecule has 1 aromatic heterocycles. The smallest absolute Gasteiger partial charge is 0.307 e. The lowest BCUT2D eigenvalue weighted by molar-refractivity contribution is -0.384. The van der Waals surface area contributed by atoms with Crippen molar-refractivity contribution in [1.82, 2.24) is 9.97 Å². The van der Waals surface area contributed by atoms with E-state index in [4.69, 9.17) is 4.74 Å². The molecule has 0 amide bonds. The first-order valence-corrected chi connectivity index (χ1v) is 6.55. The lowest BCUT2D eigenvalue weighted by Gasteiger charge is -2.06. The molecule has 0 atom stereocenters. The van der Waals surface area contributed by atoms with Gasteiger partial charge in [-0.05, 0) is 23.8 Å². The summed E-state index contributed by atoms with van der Waals surface area (Å²) in [5, 5.41) is 13.4. The normalized spacial score (nSPS) is 10.0. The van der Waals surface area contributed by atoms with Crippen molar-refractivity contribution in [3.63, 3.8) is 0 Å². The van der Waals surface area contributed by atoms with Gasteiger partial charge in [0.1, 0.15) is 6.61 Å². The summed E-state index contributed by atoms with van der Waals surface area (Å²) >= 11 is 0. The van der Waals surface area contributed by atoms with Crippen molar-refractivity contribution in [2.24, 2.45) is 0 Å². The van der Waals surface area contributed by atoms with Gasteiger partial charge in [-0.2, -0.15) is 0 Å². The van der Waals surface area contributed by atoms with E-state index in [9.17, 15) is 14.9 Å². The van der Waals surface area contributed by atoms with E-state index in [1.807, 2.05) is 0 Å². The minimum atomic E-state index is -0.479. The maximum Gasteiger partial charge on any atom is 0.307 e. The third kappa shape index (κ3) is 4.82. The second kappa shape index (κ2) is 7.67. The molecule has 0 aliphatic rings. The Morgan fingerprint density at radius 2 is 1.91 bits per heavy atom. The molecule has 1 aromatic carbocycles. The number of aromatic nitrogens is 2. The average molecular weight is 302 g/mol. The van der Waals surface area contributed by atoms with E-state index in [2.05, 4.69) is 15.3 Å². The third-order valence-corrected chi connectivity index (χ3v) is 2.72. The topological polar surface area (TPSA) is 107 Å². The highest BCUT2D eigenvalue weighted by atomic mass is 16.6. The number of rotatable bonds is 7. The third-order valence-electron chi connectivity index (χ3n) is 2.72. The summed E-state index contributed by atoms with van der Waals surface area (Å²) in [4.78, 5) is 29.5. The van der Waals surface area contributed by atoms with Crippen LogP contribution in [0.5, 0.6) is 0 Å². The lowest BCUT2D eigenvalue weighted by atomic mass is 10.2. The molecule has 0 unspecified atom stereocenters. The van der Waals surface area contributed by atoms with Gasteiger partial charge in [-0.15, -0.1) is 0 Å². The van der Waals surface area contributed by atoms with E-state index < -0.39 is 4.92 Å². The fourth-order valence-corrected chi connectivity index (χ4v) is 1.62. The van der Waals surface area contributed by atoms with Crippen LogP contribution < -0.4 is 5.32 Å². The Morgan fingerprint density at radius 3 is 2.55 bits per heavy atom. The van der Waals surface area contributed by atoms with E-state index in [1.54, 1.807) is 30.6 Å². The van der Waals surface area contributed by atoms with E-state index in [1.165, 1.54) is 12.1 Å². The summed E-state index contributed by atoms with van der Waals surface area (Å²) in [6.45, 7) is 0.446. The van der Waals surface area contributed by atoms with Crippen molar-refractivity contribution in [1.29, 1.82) is 0 Å². The number of nitrogens with zero attached hydrogens (tertiary/aromatic N) is 3. The van der Waals surface area contributed by atoms with E-state index in [0.717, 1.165) is 0 Å². The number of non-ortho nitro benzene ring substituents is 1. The number of nitro benzene ring substituents is 1. The van der Waals surface area contributed by atoms with Gasteiger partial charge in [-0.3, -0.25) is 14.9 Å². The molecule has 0 aliphatic carbocycles. The molecular weight excluding hydrogens is 288 g/mol. The van der Waals surface area contributed by atoms with Crippen molar-refractivity contribution in [2.75, 3.05) is 11.9 Å². The number of nitrogens with one attached hydrogen (secondary N) is 1. The molecular formula is C14H14N4O4. The van der Waals surface area contributed by atoms with Crippen molar-refractivity contribution in [3.8, 4) is 0 Å². The van der Waals surface area contributed by atoms with Gasteiger partial charge in [0.25, 0.3) is 5.69 Å². The van der Waals surface area contributed by atoms with Gasteiger partial charge in [0, 0.05) is 31.1 Å². The molecule has 2 rings (SSSR count). The highest BCUT2D eigenvalue weighted by Crippen LogP contribution is 2.12. The zero-order valence-electron chi connectivity index (χ0n) is 11.6. The predicted molar refractivity (Wildman–Crippen MR) is 78.0 cm³/mol. The van der Waals surface area contributed by atoms with Gasteiger partial charge >= 0.3 is 5.97 Å². The van der Waals surface area contributed by atoms with Gasteiger partial charge < -0.3 is 10.1 Å². The fraction of sp³-hybridized carbons (Fsp3) is 0.214. The van der Waals surface area contributed by atoms with E-state index in [0.29, 0.717) is 18.1 Å². The Balaban J connectivity index is 1.70. The first kappa shape index (κ1) is 15.4. The van der Waals surface area contributed by atoms with Gasteiger partial charge in [0.05, 0.1) is 11.3 Å². The number of anilines is 1.